The predicted octanol–water partition coefficient (Wildman–Crippen LogP) is 2.48. The summed E-state index contributed by atoms with van der Waals surface area (Å²) in [5.41, 5.74) is -0.763. The minimum absolute atomic E-state index is 0.0324. The fourth-order valence-electron chi connectivity index (χ4n) is 3.44. The minimum atomic E-state index is -3.63. The molecule has 10 heteroatoms. The molecule has 0 aromatic heterocycles. The van der Waals surface area contributed by atoms with Gasteiger partial charge in [0.2, 0.25) is 5.91 Å². The second-order valence-electron chi connectivity index (χ2n) is 7.36. The lowest BCUT2D eigenvalue weighted by Gasteiger charge is -2.37. The number of alkyl halides is 2. The minimum Gasteiger partial charge on any atom is -0.435 e. The molecule has 0 aliphatic carbocycles. The van der Waals surface area contributed by atoms with Crippen LogP contribution < -0.4 is 10.1 Å². The van der Waals surface area contributed by atoms with Crippen LogP contribution in [-0.2, 0) is 20.4 Å². The van der Waals surface area contributed by atoms with Crippen molar-refractivity contribution >= 4 is 15.7 Å². The second kappa shape index (κ2) is 10.7. The smallest absolute Gasteiger partial charge is 0.387 e. The summed E-state index contributed by atoms with van der Waals surface area (Å²) in [6, 6.07) is 7.93. The zero-order chi connectivity index (χ0) is 22.2. The van der Waals surface area contributed by atoms with Gasteiger partial charge in [0, 0.05) is 25.1 Å². The zero-order valence-corrected chi connectivity index (χ0v) is 17.8. The Morgan fingerprint density at radius 3 is 2.60 bits per heavy atom. The molecule has 1 saturated heterocycles. The van der Waals surface area contributed by atoms with Gasteiger partial charge in [-0.3, -0.25) is 4.79 Å². The van der Waals surface area contributed by atoms with Gasteiger partial charge in [0.25, 0.3) is 0 Å². The van der Waals surface area contributed by atoms with Crippen LogP contribution in [0.15, 0.2) is 24.3 Å². The molecular formula is C20H27F2N3O4S. The van der Waals surface area contributed by atoms with Crippen molar-refractivity contribution in [2.75, 3.05) is 25.4 Å². The Morgan fingerprint density at radius 2 is 2.00 bits per heavy atom. The van der Waals surface area contributed by atoms with E-state index in [1.807, 2.05) is 6.92 Å². The fourth-order valence-corrected chi connectivity index (χ4v) is 4.88. The van der Waals surface area contributed by atoms with Crippen molar-refractivity contribution in [1.82, 2.24) is 10.2 Å². The van der Waals surface area contributed by atoms with Gasteiger partial charge in [0.05, 0.1) is 17.6 Å². The van der Waals surface area contributed by atoms with E-state index in [9.17, 15) is 27.3 Å². The van der Waals surface area contributed by atoms with Crippen LogP contribution in [-0.4, -0.2) is 56.8 Å². The Morgan fingerprint density at radius 1 is 1.33 bits per heavy atom. The van der Waals surface area contributed by atoms with Gasteiger partial charge in [-0.1, -0.05) is 25.1 Å². The summed E-state index contributed by atoms with van der Waals surface area (Å²) in [5.74, 6) is -1.26. The van der Waals surface area contributed by atoms with Crippen molar-refractivity contribution in [1.29, 1.82) is 5.26 Å². The Bertz CT molecular complexity index is 863. The van der Waals surface area contributed by atoms with Crippen LogP contribution in [0.3, 0.4) is 0 Å². The molecule has 0 radical (unpaired) electrons. The van der Waals surface area contributed by atoms with Gasteiger partial charge >= 0.3 is 6.61 Å². The normalized spacial score (nSPS) is 16.8. The number of carbonyl (C=O) groups excluding carboxylic acids is 1. The molecule has 166 valence electrons. The summed E-state index contributed by atoms with van der Waals surface area (Å²) in [5, 5.41) is 12.3. The summed E-state index contributed by atoms with van der Waals surface area (Å²) in [4.78, 5) is 14.5. The van der Waals surface area contributed by atoms with E-state index < -0.39 is 27.7 Å². The summed E-state index contributed by atoms with van der Waals surface area (Å²) in [7, 11) is -3.63. The molecule has 30 heavy (non-hydrogen) atoms. The van der Waals surface area contributed by atoms with Gasteiger partial charge in [0.15, 0.2) is 9.84 Å². The number of ether oxygens (including phenoxy) is 1. The molecule has 0 spiro atoms. The SMILES string of the molecule is CCN1CCC(C#N)(NC(=O)CCCS(=O)(=O)Cc2ccccc2OC(F)F)CC1. The van der Waals surface area contributed by atoms with Gasteiger partial charge in [0.1, 0.15) is 11.3 Å². The Hall–Kier alpha value is -2.25. The number of likely N-dealkylation sites (tertiary alicyclic amines) is 1. The van der Waals surface area contributed by atoms with Crippen LogP contribution in [0, 0.1) is 11.3 Å². The Kier molecular flexibility index (Phi) is 8.55. The lowest BCUT2D eigenvalue weighted by molar-refractivity contribution is -0.122. The highest BCUT2D eigenvalue weighted by Crippen LogP contribution is 2.24. The maximum absolute atomic E-state index is 12.5. The molecular weight excluding hydrogens is 416 g/mol. The van der Waals surface area contributed by atoms with E-state index in [-0.39, 0.29) is 35.8 Å². The molecule has 0 unspecified atom stereocenters. The third kappa shape index (κ3) is 7.22. The molecule has 1 aliphatic rings. The molecule has 1 N–H and O–H groups in total. The Balaban J connectivity index is 1.86. The first-order chi connectivity index (χ1) is 14.2. The lowest BCUT2D eigenvalue weighted by atomic mass is 9.88. The highest BCUT2D eigenvalue weighted by atomic mass is 32.2. The van der Waals surface area contributed by atoms with Crippen LogP contribution >= 0.6 is 0 Å². The number of carbonyl (C=O) groups is 1. The second-order valence-corrected chi connectivity index (χ2v) is 9.54. The van der Waals surface area contributed by atoms with Crippen LogP contribution in [0.5, 0.6) is 5.75 Å². The first kappa shape index (κ1) is 24.0. The first-order valence-corrected chi connectivity index (χ1v) is 11.7. The van der Waals surface area contributed by atoms with E-state index in [0.717, 1.165) is 19.6 Å². The average molecular weight is 444 g/mol. The molecule has 0 atom stereocenters. The van der Waals surface area contributed by atoms with E-state index in [2.05, 4.69) is 21.0 Å². The van der Waals surface area contributed by atoms with E-state index in [1.54, 1.807) is 6.07 Å². The fraction of sp³-hybridized carbons (Fsp3) is 0.600. The van der Waals surface area contributed by atoms with Gasteiger partial charge in [-0.25, -0.2) is 8.42 Å². The summed E-state index contributed by atoms with van der Waals surface area (Å²) in [6.45, 7) is 1.32. The number of hydrogen-bond donors (Lipinski definition) is 1. The molecule has 0 saturated carbocycles. The number of nitriles is 1. The predicted molar refractivity (Wildman–Crippen MR) is 108 cm³/mol. The molecule has 1 aromatic rings. The number of hydrogen-bond acceptors (Lipinski definition) is 6. The number of halogens is 2. The summed E-state index contributed by atoms with van der Waals surface area (Å²) < 4.78 is 54.0. The zero-order valence-electron chi connectivity index (χ0n) is 16.9. The molecule has 1 heterocycles. The number of sulfone groups is 1. The van der Waals surface area contributed by atoms with E-state index in [4.69, 9.17) is 0 Å². The highest BCUT2D eigenvalue weighted by Gasteiger charge is 2.35. The van der Waals surface area contributed by atoms with Crippen LogP contribution in [0.4, 0.5) is 8.78 Å². The average Bonchev–Trinajstić information content (AvgIpc) is 2.69. The first-order valence-electron chi connectivity index (χ1n) is 9.86. The number of nitrogens with one attached hydrogen (secondary N) is 1. The largest absolute Gasteiger partial charge is 0.435 e. The van der Waals surface area contributed by atoms with Crippen LogP contribution in [0.1, 0.15) is 38.2 Å². The molecule has 1 fully saturated rings. The number of benzene rings is 1. The van der Waals surface area contributed by atoms with Gasteiger partial charge < -0.3 is 15.0 Å². The van der Waals surface area contributed by atoms with Crippen molar-refractivity contribution < 1.29 is 26.7 Å². The third-order valence-electron chi connectivity index (χ3n) is 5.17. The van der Waals surface area contributed by atoms with Crippen molar-refractivity contribution in [3.63, 3.8) is 0 Å². The lowest BCUT2D eigenvalue weighted by Crippen LogP contribution is -2.54. The summed E-state index contributed by atoms with van der Waals surface area (Å²) in [6.07, 6.45) is 1.11. The molecule has 7 nitrogen and oxygen atoms in total. The van der Waals surface area contributed by atoms with Crippen molar-refractivity contribution in [2.45, 2.75) is 50.5 Å². The van der Waals surface area contributed by atoms with Crippen LogP contribution in [0.2, 0.25) is 0 Å². The third-order valence-corrected chi connectivity index (χ3v) is 6.83. The van der Waals surface area contributed by atoms with E-state index in [0.29, 0.717) is 12.8 Å². The highest BCUT2D eigenvalue weighted by molar-refractivity contribution is 7.90. The summed E-state index contributed by atoms with van der Waals surface area (Å²) >= 11 is 0. The molecule has 1 aliphatic heterocycles. The van der Waals surface area contributed by atoms with Crippen molar-refractivity contribution in [2.24, 2.45) is 0 Å². The number of nitrogens with zero attached hydrogens (tertiary/aromatic N) is 2. The monoisotopic (exact) mass is 443 g/mol. The molecule has 1 aromatic carbocycles. The number of piperidine rings is 1. The standard InChI is InChI=1S/C20H27F2N3O4S/c1-2-25-11-9-20(15-23,10-12-25)24-18(26)8-5-13-30(27,28)14-16-6-3-4-7-17(16)29-19(21)22/h3-4,6-7,19H,2,5,8-14H2,1H3,(H,24,26). The van der Waals surface area contributed by atoms with Crippen LogP contribution in [0.25, 0.3) is 0 Å². The molecule has 2 rings (SSSR count). The van der Waals surface area contributed by atoms with Gasteiger partial charge in [-0.2, -0.15) is 14.0 Å². The maximum atomic E-state index is 12.5. The number of para-hydroxylation sites is 1. The number of amides is 1. The quantitative estimate of drug-likeness (QED) is 0.596. The van der Waals surface area contributed by atoms with Gasteiger partial charge in [-0.05, 0) is 31.9 Å². The molecule has 1 amide bonds. The van der Waals surface area contributed by atoms with E-state index in [1.165, 1.54) is 18.2 Å². The van der Waals surface area contributed by atoms with E-state index >= 15 is 0 Å². The van der Waals surface area contributed by atoms with Gasteiger partial charge in [-0.15, -0.1) is 0 Å². The maximum Gasteiger partial charge on any atom is 0.387 e. The molecule has 0 bridgehead atoms. The van der Waals surface area contributed by atoms with Crippen molar-refractivity contribution in [3.05, 3.63) is 29.8 Å². The Labute approximate surface area is 175 Å². The number of rotatable bonds is 10. The van der Waals surface area contributed by atoms with Crippen molar-refractivity contribution in [3.8, 4) is 11.8 Å². The topological polar surface area (TPSA) is 99.5 Å².